The van der Waals surface area contributed by atoms with Gasteiger partial charge in [-0.05, 0) is 56.2 Å². The average molecular weight is 448 g/mol. The number of hydrogen-bond donors (Lipinski definition) is 1. The molecule has 0 spiro atoms. The number of nitrogens with zero attached hydrogens (tertiary/aromatic N) is 2. The lowest BCUT2D eigenvalue weighted by atomic mass is 10.0. The molecule has 7 heteroatoms. The van der Waals surface area contributed by atoms with Gasteiger partial charge in [-0.1, -0.05) is 25.1 Å². The lowest BCUT2D eigenvalue weighted by molar-refractivity contribution is -0.123. The molecule has 33 heavy (non-hydrogen) atoms. The van der Waals surface area contributed by atoms with Gasteiger partial charge < -0.3 is 19.7 Å². The van der Waals surface area contributed by atoms with E-state index in [0.717, 1.165) is 35.2 Å². The van der Waals surface area contributed by atoms with Crippen LogP contribution < -0.4 is 10.2 Å². The molecule has 4 rings (SSSR count). The highest BCUT2D eigenvalue weighted by atomic mass is 16.5. The number of aryl methyl sites for hydroxylation is 2. The number of morpholine rings is 1. The van der Waals surface area contributed by atoms with E-state index in [4.69, 9.17) is 9.47 Å². The van der Waals surface area contributed by atoms with Gasteiger partial charge in [0.05, 0.1) is 30.0 Å². The van der Waals surface area contributed by atoms with E-state index in [1.54, 1.807) is 6.92 Å². The summed E-state index contributed by atoms with van der Waals surface area (Å²) in [5.74, 6) is -0.917. The van der Waals surface area contributed by atoms with E-state index in [0.29, 0.717) is 36.6 Å². The molecule has 3 aromatic rings. The summed E-state index contributed by atoms with van der Waals surface area (Å²) in [5, 5.41) is 3.73. The zero-order chi connectivity index (χ0) is 23.4. The number of fused-ring (bicyclic) bond motifs is 1. The van der Waals surface area contributed by atoms with Crippen LogP contribution in [0.5, 0.6) is 0 Å². The molecule has 2 heterocycles. The normalized spacial score (nSPS) is 14.7. The second kappa shape index (κ2) is 10.0. The van der Waals surface area contributed by atoms with Crippen molar-refractivity contribution in [2.24, 2.45) is 0 Å². The number of carbonyl (C=O) groups is 2. The molecule has 1 aliphatic heterocycles. The third-order valence-corrected chi connectivity index (χ3v) is 5.93. The van der Waals surface area contributed by atoms with E-state index in [1.807, 2.05) is 62.4 Å². The molecular formula is C26H29N3O4. The van der Waals surface area contributed by atoms with E-state index in [9.17, 15) is 9.59 Å². The lowest BCUT2D eigenvalue weighted by Crippen LogP contribution is -2.36. The predicted octanol–water partition coefficient (Wildman–Crippen LogP) is 4.13. The zero-order valence-electron chi connectivity index (χ0n) is 19.3. The fraction of sp³-hybridized carbons (Fsp3) is 0.346. The number of amides is 1. The van der Waals surface area contributed by atoms with E-state index in [1.165, 1.54) is 0 Å². The first-order chi connectivity index (χ1) is 16.0. The maximum absolute atomic E-state index is 13.0. The van der Waals surface area contributed by atoms with Crippen molar-refractivity contribution in [3.8, 4) is 0 Å². The number of anilines is 2. The minimum Gasteiger partial charge on any atom is -0.449 e. The number of aromatic nitrogens is 1. The number of esters is 1. The van der Waals surface area contributed by atoms with Gasteiger partial charge in [0.15, 0.2) is 6.10 Å². The summed E-state index contributed by atoms with van der Waals surface area (Å²) in [6, 6.07) is 15.3. The Labute approximate surface area is 193 Å². The van der Waals surface area contributed by atoms with Gasteiger partial charge in [-0.15, -0.1) is 0 Å². The molecule has 0 radical (unpaired) electrons. The van der Waals surface area contributed by atoms with Gasteiger partial charge in [-0.25, -0.2) is 4.79 Å². The Morgan fingerprint density at radius 3 is 2.52 bits per heavy atom. The Morgan fingerprint density at radius 2 is 1.82 bits per heavy atom. The van der Waals surface area contributed by atoms with Crippen LogP contribution >= 0.6 is 0 Å². The average Bonchev–Trinajstić information content (AvgIpc) is 2.84. The third kappa shape index (κ3) is 4.98. The van der Waals surface area contributed by atoms with Crippen LogP contribution in [0.2, 0.25) is 0 Å². The Kier molecular flexibility index (Phi) is 6.89. The quantitative estimate of drug-likeness (QED) is 0.573. The molecule has 1 N–H and O–H groups in total. The van der Waals surface area contributed by atoms with Crippen molar-refractivity contribution >= 4 is 34.2 Å². The molecule has 1 saturated heterocycles. The van der Waals surface area contributed by atoms with E-state index < -0.39 is 12.1 Å². The van der Waals surface area contributed by atoms with Crippen LogP contribution in [0.1, 0.15) is 35.5 Å². The summed E-state index contributed by atoms with van der Waals surface area (Å²) in [4.78, 5) is 32.6. The van der Waals surface area contributed by atoms with Crippen molar-refractivity contribution in [2.75, 3.05) is 36.5 Å². The Bertz CT molecular complexity index is 1150. The van der Waals surface area contributed by atoms with Gasteiger partial charge in [0.2, 0.25) is 0 Å². The van der Waals surface area contributed by atoms with Gasteiger partial charge in [-0.3, -0.25) is 9.78 Å². The first-order valence-corrected chi connectivity index (χ1v) is 11.3. The van der Waals surface area contributed by atoms with Crippen LogP contribution in [0, 0.1) is 6.92 Å². The van der Waals surface area contributed by atoms with Crippen molar-refractivity contribution in [3.63, 3.8) is 0 Å². The van der Waals surface area contributed by atoms with Crippen LogP contribution in [0.15, 0.2) is 48.5 Å². The van der Waals surface area contributed by atoms with Crippen molar-refractivity contribution in [3.05, 3.63) is 65.4 Å². The summed E-state index contributed by atoms with van der Waals surface area (Å²) >= 11 is 0. The smallest absolute Gasteiger partial charge is 0.341 e. The molecule has 7 nitrogen and oxygen atoms in total. The van der Waals surface area contributed by atoms with Crippen molar-refractivity contribution in [1.29, 1.82) is 0 Å². The maximum Gasteiger partial charge on any atom is 0.341 e. The minimum absolute atomic E-state index is 0.382. The molecule has 1 amide bonds. The fourth-order valence-corrected chi connectivity index (χ4v) is 4.06. The topological polar surface area (TPSA) is 80.8 Å². The number of benzene rings is 2. The molecule has 172 valence electrons. The fourth-order valence-electron chi connectivity index (χ4n) is 4.06. The van der Waals surface area contributed by atoms with E-state index in [2.05, 4.69) is 15.2 Å². The molecule has 1 aromatic heterocycles. The van der Waals surface area contributed by atoms with Crippen LogP contribution in [0.4, 0.5) is 11.4 Å². The van der Waals surface area contributed by atoms with E-state index >= 15 is 0 Å². The molecule has 1 unspecified atom stereocenters. The van der Waals surface area contributed by atoms with Gasteiger partial charge in [0.1, 0.15) is 0 Å². The van der Waals surface area contributed by atoms with Crippen molar-refractivity contribution in [2.45, 2.75) is 33.3 Å². The summed E-state index contributed by atoms with van der Waals surface area (Å²) < 4.78 is 10.9. The number of rotatable bonds is 6. The zero-order valence-corrected chi connectivity index (χ0v) is 19.3. The molecule has 0 bridgehead atoms. The van der Waals surface area contributed by atoms with Crippen LogP contribution in [0.25, 0.3) is 10.9 Å². The Morgan fingerprint density at radius 1 is 1.12 bits per heavy atom. The van der Waals surface area contributed by atoms with Crippen LogP contribution in [-0.2, 0) is 20.7 Å². The second-order valence-electron chi connectivity index (χ2n) is 8.11. The SMILES string of the molecule is CCc1nc2ccccc2c(C)c1C(=O)OC(C)C(=O)Nc1ccc(N2CCOCC2)cc1. The highest BCUT2D eigenvalue weighted by molar-refractivity contribution is 6.01. The number of nitrogens with one attached hydrogen (secondary N) is 1. The van der Waals surface area contributed by atoms with Crippen LogP contribution in [0.3, 0.4) is 0 Å². The summed E-state index contributed by atoms with van der Waals surface area (Å²) in [5.41, 5.74) is 4.50. The number of ether oxygens (including phenoxy) is 2. The van der Waals surface area contributed by atoms with Crippen LogP contribution in [-0.4, -0.2) is 49.3 Å². The molecule has 1 aliphatic rings. The molecule has 2 aromatic carbocycles. The number of pyridine rings is 1. The van der Waals surface area contributed by atoms with Crippen molar-refractivity contribution < 1.29 is 19.1 Å². The van der Waals surface area contributed by atoms with E-state index in [-0.39, 0.29) is 5.91 Å². The summed E-state index contributed by atoms with van der Waals surface area (Å²) in [6.45, 7) is 8.54. The predicted molar refractivity (Wildman–Crippen MR) is 129 cm³/mol. The Balaban J connectivity index is 1.43. The van der Waals surface area contributed by atoms with Gasteiger partial charge in [0, 0.05) is 29.9 Å². The largest absolute Gasteiger partial charge is 0.449 e. The number of para-hydroxylation sites is 1. The Hall–Kier alpha value is -3.45. The van der Waals surface area contributed by atoms with Gasteiger partial charge in [0.25, 0.3) is 5.91 Å². The molecule has 0 saturated carbocycles. The maximum atomic E-state index is 13.0. The molecular weight excluding hydrogens is 418 g/mol. The monoisotopic (exact) mass is 447 g/mol. The van der Waals surface area contributed by atoms with Gasteiger partial charge >= 0.3 is 5.97 Å². The summed E-state index contributed by atoms with van der Waals surface area (Å²) in [6.07, 6.45) is -0.362. The van der Waals surface area contributed by atoms with Crippen molar-refractivity contribution in [1.82, 2.24) is 4.98 Å². The van der Waals surface area contributed by atoms with Gasteiger partial charge in [-0.2, -0.15) is 0 Å². The standard InChI is InChI=1S/C26H29N3O4/c1-4-22-24(17(2)21-7-5-6-8-23(21)28-22)26(31)33-18(3)25(30)27-19-9-11-20(12-10-19)29-13-15-32-16-14-29/h5-12,18H,4,13-16H2,1-3H3,(H,27,30). The summed E-state index contributed by atoms with van der Waals surface area (Å²) in [7, 11) is 0. The number of hydrogen-bond acceptors (Lipinski definition) is 6. The molecule has 1 atom stereocenters. The first kappa shape index (κ1) is 22.7. The first-order valence-electron chi connectivity index (χ1n) is 11.3. The number of carbonyl (C=O) groups excluding carboxylic acids is 2. The highest BCUT2D eigenvalue weighted by Gasteiger charge is 2.24. The minimum atomic E-state index is -0.952. The molecule has 1 fully saturated rings. The highest BCUT2D eigenvalue weighted by Crippen LogP contribution is 2.25. The lowest BCUT2D eigenvalue weighted by Gasteiger charge is -2.28. The second-order valence-corrected chi connectivity index (χ2v) is 8.11. The third-order valence-electron chi connectivity index (χ3n) is 5.93. The molecule has 0 aliphatic carbocycles.